The molecular formula is C16H22N4O2S. The maximum absolute atomic E-state index is 11.8. The summed E-state index contributed by atoms with van der Waals surface area (Å²) < 4.78 is 4.89. The van der Waals surface area contributed by atoms with Crippen molar-refractivity contribution in [3.8, 4) is 0 Å². The van der Waals surface area contributed by atoms with Gasteiger partial charge in [0.15, 0.2) is 0 Å². The van der Waals surface area contributed by atoms with Gasteiger partial charge in [0.2, 0.25) is 0 Å². The molecule has 0 aliphatic heterocycles. The van der Waals surface area contributed by atoms with Crippen molar-refractivity contribution in [3.63, 3.8) is 0 Å². The van der Waals surface area contributed by atoms with Crippen LogP contribution in [-0.2, 0) is 11.2 Å². The second-order valence-corrected chi connectivity index (χ2v) is 6.04. The van der Waals surface area contributed by atoms with Gasteiger partial charge in [-0.1, -0.05) is 0 Å². The van der Waals surface area contributed by atoms with E-state index in [0.29, 0.717) is 18.7 Å². The number of nitrogens with zero attached hydrogens (tertiary/aromatic N) is 2. The number of aromatic nitrogens is 2. The number of rotatable bonds is 9. The highest BCUT2D eigenvalue weighted by atomic mass is 32.1. The average Bonchev–Trinajstić information content (AvgIpc) is 2.98. The van der Waals surface area contributed by atoms with Crippen molar-refractivity contribution in [2.24, 2.45) is 0 Å². The highest BCUT2D eigenvalue weighted by Crippen LogP contribution is 2.11. The molecule has 0 unspecified atom stereocenters. The summed E-state index contributed by atoms with van der Waals surface area (Å²) in [5, 5.41) is 9.25. The van der Waals surface area contributed by atoms with Crippen molar-refractivity contribution in [3.05, 3.63) is 40.0 Å². The number of anilines is 1. The monoisotopic (exact) mass is 334 g/mol. The van der Waals surface area contributed by atoms with Gasteiger partial charge in [0, 0.05) is 43.9 Å². The highest BCUT2D eigenvalue weighted by molar-refractivity contribution is 7.09. The molecule has 23 heavy (non-hydrogen) atoms. The summed E-state index contributed by atoms with van der Waals surface area (Å²) in [4.78, 5) is 20.5. The Morgan fingerprint density at radius 2 is 2.22 bits per heavy atom. The summed E-state index contributed by atoms with van der Waals surface area (Å²) >= 11 is 1.70. The number of hydrogen-bond acceptors (Lipinski definition) is 6. The van der Waals surface area contributed by atoms with E-state index >= 15 is 0 Å². The van der Waals surface area contributed by atoms with Crippen molar-refractivity contribution in [2.75, 3.05) is 32.1 Å². The van der Waals surface area contributed by atoms with E-state index in [2.05, 4.69) is 26.0 Å². The molecule has 1 amide bonds. The maximum atomic E-state index is 11.8. The molecule has 7 heteroatoms. The predicted molar refractivity (Wildman–Crippen MR) is 92.1 cm³/mol. The van der Waals surface area contributed by atoms with Gasteiger partial charge >= 0.3 is 0 Å². The Balaban J connectivity index is 1.71. The lowest BCUT2D eigenvalue weighted by Gasteiger charge is -2.07. The molecule has 0 atom stereocenters. The molecule has 0 saturated heterocycles. The van der Waals surface area contributed by atoms with Crippen LogP contribution in [0.5, 0.6) is 0 Å². The molecule has 0 radical (unpaired) electrons. The molecule has 124 valence electrons. The molecule has 0 aromatic carbocycles. The quantitative estimate of drug-likeness (QED) is 0.688. The minimum atomic E-state index is -0.139. The fourth-order valence-corrected chi connectivity index (χ4v) is 2.79. The molecule has 0 bridgehead atoms. The largest absolute Gasteiger partial charge is 0.383 e. The van der Waals surface area contributed by atoms with Gasteiger partial charge in [0.25, 0.3) is 5.91 Å². The molecule has 0 aliphatic carbocycles. The number of pyridine rings is 1. The Bertz CT molecular complexity index is 613. The lowest BCUT2D eigenvalue weighted by atomic mass is 10.2. The molecule has 6 nitrogen and oxygen atoms in total. The van der Waals surface area contributed by atoms with Crippen LogP contribution in [0, 0.1) is 6.92 Å². The summed E-state index contributed by atoms with van der Waals surface area (Å²) in [5.41, 5.74) is 1.63. The van der Waals surface area contributed by atoms with E-state index in [1.54, 1.807) is 30.7 Å². The molecular weight excluding hydrogens is 312 g/mol. The van der Waals surface area contributed by atoms with Crippen LogP contribution < -0.4 is 10.6 Å². The van der Waals surface area contributed by atoms with E-state index in [0.717, 1.165) is 30.9 Å². The Labute approximate surface area is 140 Å². The van der Waals surface area contributed by atoms with E-state index in [1.165, 1.54) is 5.01 Å². The number of methoxy groups -OCH3 is 1. The average molecular weight is 334 g/mol. The van der Waals surface area contributed by atoms with E-state index in [4.69, 9.17) is 4.74 Å². The van der Waals surface area contributed by atoms with Gasteiger partial charge in [-0.2, -0.15) is 0 Å². The van der Waals surface area contributed by atoms with Crippen LogP contribution in [0.3, 0.4) is 0 Å². The smallest absolute Gasteiger partial charge is 0.252 e. The molecule has 2 aromatic rings. The normalized spacial score (nSPS) is 10.5. The van der Waals surface area contributed by atoms with E-state index in [1.807, 2.05) is 13.0 Å². The summed E-state index contributed by atoms with van der Waals surface area (Å²) in [6, 6.07) is 3.58. The SMILES string of the molecule is COCCNC(=O)c1ccc(NCCCc2nc(C)cs2)nc1. The van der Waals surface area contributed by atoms with Crippen molar-refractivity contribution in [2.45, 2.75) is 19.8 Å². The summed E-state index contributed by atoms with van der Waals surface area (Å²) in [7, 11) is 1.60. The van der Waals surface area contributed by atoms with E-state index < -0.39 is 0 Å². The fourth-order valence-electron chi connectivity index (χ4n) is 1.98. The van der Waals surface area contributed by atoms with Gasteiger partial charge < -0.3 is 15.4 Å². The van der Waals surface area contributed by atoms with Crippen LogP contribution in [0.2, 0.25) is 0 Å². The molecule has 2 aromatic heterocycles. The third-order valence-corrected chi connectivity index (χ3v) is 4.18. The van der Waals surface area contributed by atoms with Crippen LogP contribution in [0.15, 0.2) is 23.7 Å². The number of ether oxygens (including phenoxy) is 1. The van der Waals surface area contributed by atoms with Gasteiger partial charge in [0.1, 0.15) is 5.82 Å². The van der Waals surface area contributed by atoms with E-state index in [-0.39, 0.29) is 5.91 Å². The van der Waals surface area contributed by atoms with Gasteiger partial charge in [-0.3, -0.25) is 4.79 Å². The number of carbonyl (C=O) groups is 1. The first-order chi connectivity index (χ1) is 11.2. The Kier molecular flexibility index (Phi) is 6.96. The first-order valence-electron chi connectivity index (χ1n) is 7.57. The molecule has 2 rings (SSSR count). The molecule has 0 spiro atoms. The Morgan fingerprint density at radius 1 is 1.35 bits per heavy atom. The topological polar surface area (TPSA) is 76.1 Å². The molecule has 2 heterocycles. The highest BCUT2D eigenvalue weighted by Gasteiger charge is 2.05. The van der Waals surface area contributed by atoms with Crippen molar-refractivity contribution < 1.29 is 9.53 Å². The maximum Gasteiger partial charge on any atom is 0.252 e. The van der Waals surface area contributed by atoms with Crippen LogP contribution in [0.4, 0.5) is 5.82 Å². The molecule has 0 saturated carbocycles. The number of aryl methyl sites for hydroxylation is 2. The third kappa shape index (κ3) is 5.96. The first kappa shape index (κ1) is 17.4. The predicted octanol–water partition coefficient (Wildman–Crippen LogP) is 2.27. The van der Waals surface area contributed by atoms with Crippen LogP contribution in [0.25, 0.3) is 0 Å². The Hall–Kier alpha value is -1.99. The van der Waals surface area contributed by atoms with Gasteiger partial charge in [-0.05, 0) is 25.5 Å². The third-order valence-electron chi connectivity index (χ3n) is 3.16. The van der Waals surface area contributed by atoms with Crippen molar-refractivity contribution in [1.29, 1.82) is 0 Å². The second kappa shape index (κ2) is 9.22. The van der Waals surface area contributed by atoms with Crippen LogP contribution in [-0.4, -0.2) is 42.7 Å². The first-order valence-corrected chi connectivity index (χ1v) is 8.45. The summed E-state index contributed by atoms with van der Waals surface area (Å²) in [6.07, 6.45) is 3.54. The fraction of sp³-hybridized carbons (Fsp3) is 0.438. The standard InChI is InChI=1S/C16H22N4O2S/c1-12-11-23-15(20-12)4-3-7-17-14-6-5-13(10-19-14)16(21)18-8-9-22-2/h5-6,10-11H,3-4,7-9H2,1-2H3,(H,17,19)(H,18,21). The van der Waals surface area contributed by atoms with Crippen LogP contribution >= 0.6 is 11.3 Å². The van der Waals surface area contributed by atoms with Crippen molar-refractivity contribution >= 4 is 23.1 Å². The van der Waals surface area contributed by atoms with Crippen molar-refractivity contribution in [1.82, 2.24) is 15.3 Å². The molecule has 0 aliphatic rings. The zero-order valence-electron chi connectivity index (χ0n) is 13.5. The minimum Gasteiger partial charge on any atom is -0.383 e. The zero-order chi connectivity index (χ0) is 16.5. The Morgan fingerprint density at radius 3 is 2.87 bits per heavy atom. The second-order valence-electron chi connectivity index (χ2n) is 5.09. The lowest BCUT2D eigenvalue weighted by molar-refractivity contribution is 0.0937. The zero-order valence-corrected chi connectivity index (χ0v) is 14.3. The summed E-state index contributed by atoms with van der Waals surface area (Å²) in [5.74, 6) is 0.633. The summed E-state index contributed by atoms with van der Waals surface area (Å²) in [6.45, 7) is 3.82. The minimum absolute atomic E-state index is 0.139. The number of nitrogens with one attached hydrogen (secondary N) is 2. The van der Waals surface area contributed by atoms with Gasteiger partial charge in [-0.25, -0.2) is 9.97 Å². The van der Waals surface area contributed by atoms with Gasteiger partial charge in [0.05, 0.1) is 17.2 Å². The molecule has 0 fully saturated rings. The number of carbonyl (C=O) groups excluding carboxylic acids is 1. The van der Waals surface area contributed by atoms with Gasteiger partial charge in [-0.15, -0.1) is 11.3 Å². The number of thiazole rings is 1. The van der Waals surface area contributed by atoms with Crippen LogP contribution in [0.1, 0.15) is 27.5 Å². The van der Waals surface area contributed by atoms with E-state index in [9.17, 15) is 4.79 Å². The molecule has 2 N–H and O–H groups in total. The number of amides is 1. The number of hydrogen-bond donors (Lipinski definition) is 2. The lowest BCUT2D eigenvalue weighted by Crippen LogP contribution is -2.27.